The molecule has 0 fully saturated rings. The fourth-order valence-electron chi connectivity index (χ4n) is 2.54. The van der Waals surface area contributed by atoms with Crippen molar-refractivity contribution in [3.8, 4) is 11.1 Å². The second-order valence-electron chi connectivity index (χ2n) is 6.17. The fraction of sp³-hybridized carbons (Fsp3) is 0.368. The molecule has 118 valence electrons. The lowest BCUT2D eigenvalue weighted by molar-refractivity contribution is 0.221. The van der Waals surface area contributed by atoms with Crippen LogP contribution in [0.2, 0.25) is 0 Å². The van der Waals surface area contributed by atoms with Gasteiger partial charge in [0.2, 0.25) is 0 Å². The van der Waals surface area contributed by atoms with Crippen molar-refractivity contribution in [3.05, 3.63) is 59.2 Å². The van der Waals surface area contributed by atoms with E-state index in [9.17, 15) is 4.39 Å². The topological polar surface area (TPSA) is 38.0 Å². The summed E-state index contributed by atoms with van der Waals surface area (Å²) in [4.78, 5) is 0. The Hall–Kier alpha value is -1.71. The first-order valence-electron chi connectivity index (χ1n) is 7.72. The van der Waals surface area contributed by atoms with Gasteiger partial charge in [-0.05, 0) is 54.7 Å². The van der Waals surface area contributed by atoms with Gasteiger partial charge in [0.05, 0.1) is 0 Å². The Balaban J connectivity index is 2.26. The predicted molar refractivity (Wildman–Crippen MR) is 91.5 cm³/mol. The van der Waals surface area contributed by atoms with E-state index < -0.39 is 5.67 Å². The Kier molecular flexibility index (Phi) is 5.33. The minimum Gasteiger partial charge on any atom is -0.329 e. The maximum atomic E-state index is 14.1. The van der Waals surface area contributed by atoms with Crippen LogP contribution in [0.3, 0.4) is 0 Å². The molecule has 0 spiro atoms. The highest BCUT2D eigenvalue weighted by Gasteiger charge is 2.19. The molecule has 0 saturated heterocycles. The maximum Gasteiger partial charge on any atom is 0.130 e. The summed E-state index contributed by atoms with van der Waals surface area (Å²) in [6.07, 6.45) is 0. The third kappa shape index (κ3) is 4.15. The Labute approximate surface area is 132 Å². The van der Waals surface area contributed by atoms with E-state index in [-0.39, 0.29) is 0 Å². The zero-order valence-electron chi connectivity index (χ0n) is 13.6. The Morgan fingerprint density at radius 2 is 1.91 bits per heavy atom. The van der Waals surface area contributed by atoms with Gasteiger partial charge in [0.15, 0.2) is 0 Å². The summed E-state index contributed by atoms with van der Waals surface area (Å²) in [7, 11) is 0. The zero-order valence-corrected chi connectivity index (χ0v) is 13.6. The molecule has 2 aromatic carbocycles. The van der Waals surface area contributed by atoms with Gasteiger partial charge in [-0.1, -0.05) is 36.4 Å². The van der Waals surface area contributed by atoms with Crippen LogP contribution in [0.25, 0.3) is 11.1 Å². The molecule has 3 heteroatoms. The van der Waals surface area contributed by atoms with E-state index in [0.717, 1.165) is 35.3 Å². The number of alkyl halides is 1. The smallest absolute Gasteiger partial charge is 0.130 e. The lowest BCUT2D eigenvalue weighted by atomic mass is 9.92. The Morgan fingerprint density at radius 3 is 2.55 bits per heavy atom. The van der Waals surface area contributed by atoms with E-state index in [0.29, 0.717) is 6.54 Å². The quantitative estimate of drug-likeness (QED) is 0.794. The normalized spacial score (nSPS) is 11.7. The number of rotatable bonds is 6. The fourth-order valence-corrected chi connectivity index (χ4v) is 2.54. The number of nitrogens with two attached hydrogens (primary N) is 1. The summed E-state index contributed by atoms with van der Waals surface area (Å²) < 4.78 is 14.1. The standard InChI is InChI=1S/C19H25FN2/c1-14-11-17(19(2,3)20)7-8-18(14)16-6-4-5-15(12-16)13-22-10-9-21/h4-8,11-12,22H,9-10,13,21H2,1-3H3. The van der Waals surface area contributed by atoms with Gasteiger partial charge in [-0.15, -0.1) is 0 Å². The molecule has 0 saturated carbocycles. The summed E-state index contributed by atoms with van der Waals surface area (Å²) in [6.45, 7) is 7.46. The molecular formula is C19H25FN2. The molecule has 0 aliphatic rings. The lowest BCUT2D eigenvalue weighted by Gasteiger charge is -2.17. The van der Waals surface area contributed by atoms with Crippen molar-refractivity contribution in [2.45, 2.75) is 33.0 Å². The summed E-state index contributed by atoms with van der Waals surface area (Å²) in [6, 6.07) is 14.2. The summed E-state index contributed by atoms with van der Waals surface area (Å²) in [5.41, 5.74) is 9.52. The third-order valence-electron chi connectivity index (χ3n) is 3.80. The molecule has 0 aromatic heterocycles. The highest BCUT2D eigenvalue weighted by atomic mass is 19.1. The van der Waals surface area contributed by atoms with Gasteiger partial charge < -0.3 is 11.1 Å². The second kappa shape index (κ2) is 7.03. The molecule has 3 N–H and O–H groups in total. The molecule has 0 radical (unpaired) electrons. The number of benzene rings is 2. The molecule has 0 unspecified atom stereocenters. The first kappa shape index (κ1) is 16.7. The zero-order chi connectivity index (χ0) is 16.2. The average molecular weight is 300 g/mol. The van der Waals surface area contributed by atoms with Crippen molar-refractivity contribution in [2.24, 2.45) is 5.73 Å². The maximum absolute atomic E-state index is 14.1. The lowest BCUT2D eigenvalue weighted by Crippen LogP contribution is -2.21. The van der Waals surface area contributed by atoms with Crippen LogP contribution in [0.15, 0.2) is 42.5 Å². The number of hydrogen-bond donors (Lipinski definition) is 2. The first-order chi connectivity index (χ1) is 10.4. The Bertz CT molecular complexity index is 630. The predicted octanol–water partition coefficient (Wildman–Crippen LogP) is 3.91. The molecule has 0 heterocycles. The largest absolute Gasteiger partial charge is 0.329 e. The van der Waals surface area contributed by atoms with Crippen LogP contribution in [0.4, 0.5) is 4.39 Å². The number of halogens is 1. The molecule has 22 heavy (non-hydrogen) atoms. The van der Waals surface area contributed by atoms with Gasteiger partial charge in [0, 0.05) is 19.6 Å². The molecule has 0 aliphatic carbocycles. The van der Waals surface area contributed by atoms with Crippen molar-refractivity contribution >= 4 is 0 Å². The highest BCUT2D eigenvalue weighted by Crippen LogP contribution is 2.30. The summed E-state index contributed by atoms with van der Waals surface area (Å²) >= 11 is 0. The van der Waals surface area contributed by atoms with Crippen LogP contribution in [0.5, 0.6) is 0 Å². The van der Waals surface area contributed by atoms with Crippen molar-refractivity contribution in [1.29, 1.82) is 0 Å². The summed E-state index contributed by atoms with van der Waals surface area (Å²) in [5, 5.41) is 3.30. The van der Waals surface area contributed by atoms with Gasteiger partial charge in [0.25, 0.3) is 0 Å². The second-order valence-corrected chi connectivity index (χ2v) is 6.17. The van der Waals surface area contributed by atoms with Crippen LogP contribution in [-0.4, -0.2) is 13.1 Å². The van der Waals surface area contributed by atoms with Gasteiger partial charge in [0.1, 0.15) is 5.67 Å². The number of nitrogens with one attached hydrogen (secondary N) is 1. The SMILES string of the molecule is Cc1cc(C(C)(C)F)ccc1-c1cccc(CNCCN)c1. The van der Waals surface area contributed by atoms with Gasteiger partial charge in [-0.3, -0.25) is 0 Å². The van der Waals surface area contributed by atoms with E-state index >= 15 is 0 Å². The van der Waals surface area contributed by atoms with Gasteiger partial charge in [-0.2, -0.15) is 0 Å². The minimum atomic E-state index is -1.31. The molecule has 0 bridgehead atoms. The number of aryl methyl sites for hydroxylation is 1. The van der Waals surface area contributed by atoms with E-state index in [2.05, 4.69) is 29.6 Å². The Morgan fingerprint density at radius 1 is 1.14 bits per heavy atom. The van der Waals surface area contributed by atoms with Crippen LogP contribution in [0.1, 0.15) is 30.5 Å². The monoisotopic (exact) mass is 300 g/mol. The van der Waals surface area contributed by atoms with Crippen molar-refractivity contribution in [3.63, 3.8) is 0 Å². The third-order valence-corrected chi connectivity index (χ3v) is 3.80. The van der Waals surface area contributed by atoms with E-state index in [1.165, 1.54) is 5.56 Å². The molecule has 0 aliphatic heterocycles. The molecule has 2 aromatic rings. The van der Waals surface area contributed by atoms with Crippen LogP contribution in [0, 0.1) is 6.92 Å². The molecule has 2 nitrogen and oxygen atoms in total. The van der Waals surface area contributed by atoms with Crippen LogP contribution in [-0.2, 0) is 12.2 Å². The van der Waals surface area contributed by atoms with Crippen molar-refractivity contribution in [2.75, 3.05) is 13.1 Å². The van der Waals surface area contributed by atoms with E-state index in [4.69, 9.17) is 5.73 Å². The van der Waals surface area contributed by atoms with Crippen LogP contribution >= 0.6 is 0 Å². The molecule has 0 amide bonds. The summed E-state index contributed by atoms with van der Waals surface area (Å²) in [5.74, 6) is 0. The van der Waals surface area contributed by atoms with Gasteiger partial charge in [-0.25, -0.2) is 4.39 Å². The van der Waals surface area contributed by atoms with E-state index in [1.54, 1.807) is 13.8 Å². The van der Waals surface area contributed by atoms with Crippen LogP contribution < -0.4 is 11.1 Å². The average Bonchev–Trinajstić information content (AvgIpc) is 2.47. The highest BCUT2D eigenvalue weighted by molar-refractivity contribution is 5.68. The molecular weight excluding hydrogens is 275 g/mol. The molecule has 0 atom stereocenters. The van der Waals surface area contributed by atoms with Crippen molar-refractivity contribution < 1.29 is 4.39 Å². The van der Waals surface area contributed by atoms with Crippen molar-refractivity contribution in [1.82, 2.24) is 5.32 Å². The number of hydrogen-bond acceptors (Lipinski definition) is 2. The van der Waals surface area contributed by atoms with Gasteiger partial charge >= 0.3 is 0 Å². The first-order valence-corrected chi connectivity index (χ1v) is 7.72. The minimum absolute atomic E-state index is 0.638. The van der Waals surface area contributed by atoms with E-state index in [1.807, 2.05) is 25.1 Å². The molecule has 2 rings (SSSR count).